The molecule has 1 aromatic heterocycles. The molecule has 0 aliphatic rings. The summed E-state index contributed by atoms with van der Waals surface area (Å²) in [6.07, 6.45) is 0. The lowest BCUT2D eigenvalue weighted by atomic mass is 10.0. The molecule has 4 nitrogen and oxygen atoms in total. The Kier molecular flexibility index (Phi) is 6.52. The first-order chi connectivity index (χ1) is 12.6. The largest absolute Gasteiger partial charge is 0.493 e. The van der Waals surface area contributed by atoms with Gasteiger partial charge in [0.15, 0.2) is 4.34 Å². The second kappa shape index (κ2) is 9.05. The van der Waals surface area contributed by atoms with Gasteiger partial charge in [0.25, 0.3) is 0 Å². The highest BCUT2D eigenvalue weighted by atomic mass is 32.2. The summed E-state index contributed by atoms with van der Waals surface area (Å²) in [5.41, 5.74) is 3.57. The summed E-state index contributed by atoms with van der Waals surface area (Å²) < 4.78 is 6.71. The molecule has 0 amide bonds. The SMILES string of the molecule is Cc1cccc(OCCSc2nnc(Nc3ccc(C(C)C)cc3)s2)c1. The number of aromatic nitrogens is 2. The van der Waals surface area contributed by atoms with Gasteiger partial charge in [0.1, 0.15) is 5.75 Å². The molecule has 0 atom stereocenters. The summed E-state index contributed by atoms with van der Waals surface area (Å²) in [6, 6.07) is 16.6. The molecule has 136 valence electrons. The molecular weight excluding hydrogens is 362 g/mol. The van der Waals surface area contributed by atoms with Crippen molar-refractivity contribution in [2.45, 2.75) is 31.0 Å². The summed E-state index contributed by atoms with van der Waals surface area (Å²) >= 11 is 3.22. The van der Waals surface area contributed by atoms with E-state index in [1.807, 2.05) is 18.2 Å². The van der Waals surface area contributed by atoms with E-state index in [2.05, 4.69) is 66.6 Å². The van der Waals surface area contributed by atoms with E-state index in [9.17, 15) is 0 Å². The first-order valence-electron chi connectivity index (χ1n) is 8.63. The lowest BCUT2D eigenvalue weighted by molar-refractivity contribution is 0.343. The molecule has 6 heteroatoms. The predicted molar refractivity (Wildman–Crippen MR) is 111 cm³/mol. The van der Waals surface area contributed by atoms with E-state index >= 15 is 0 Å². The first-order valence-corrected chi connectivity index (χ1v) is 10.4. The number of anilines is 2. The van der Waals surface area contributed by atoms with Crippen molar-refractivity contribution in [1.29, 1.82) is 0 Å². The highest BCUT2D eigenvalue weighted by Crippen LogP contribution is 2.28. The molecule has 0 saturated heterocycles. The van der Waals surface area contributed by atoms with Gasteiger partial charge in [0.05, 0.1) is 6.61 Å². The van der Waals surface area contributed by atoms with Crippen molar-refractivity contribution in [3.05, 3.63) is 59.7 Å². The summed E-state index contributed by atoms with van der Waals surface area (Å²) in [7, 11) is 0. The number of ether oxygens (including phenoxy) is 1. The third-order valence-electron chi connectivity index (χ3n) is 3.80. The van der Waals surface area contributed by atoms with Gasteiger partial charge >= 0.3 is 0 Å². The number of nitrogens with zero attached hydrogens (tertiary/aromatic N) is 2. The molecule has 26 heavy (non-hydrogen) atoms. The van der Waals surface area contributed by atoms with Crippen LogP contribution in [0.1, 0.15) is 30.9 Å². The molecule has 0 unspecified atom stereocenters. The van der Waals surface area contributed by atoms with Crippen LogP contribution in [0.5, 0.6) is 5.75 Å². The molecular formula is C20H23N3OS2. The minimum Gasteiger partial charge on any atom is -0.493 e. The minimum absolute atomic E-state index is 0.538. The van der Waals surface area contributed by atoms with Gasteiger partial charge in [-0.1, -0.05) is 61.2 Å². The number of aryl methyl sites for hydroxylation is 1. The Labute approximate surface area is 163 Å². The number of thioether (sulfide) groups is 1. The van der Waals surface area contributed by atoms with Crippen molar-refractivity contribution in [2.75, 3.05) is 17.7 Å². The maximum atomic E-state index is 5.76. The molecule has 0 aliphatic heterocycles. The Morgan fingerprint density at radius 3 is 2.65 bits per heavy atom. The van der Waals surface area contributed by atoms with E-state index in [1.165, 1.54) is 11.1 Å². The van der Waals surface area contributed by atoms with Crippen LogP contribution >= 0.6 is 23.1 Å². The van der Waals surface area contributed by atoms with Gasteiger partial charge in [-0.15, -0.1) is 10.2 Å². The fourth-order valence-corrected chi connectivity index (χ4v) is 4.05. The van der Waals surface area contributed by atoms with E-state index in [4.69, 9.17) is 4.74 Å². The van der Waals surface area contributed by atoms with Crippen LogP contribution in [-0.2, 0) is 0 Å². The number of rotatable bonds is 8. The Morgan fingerprint density at radius 2 is 1.92 bits per heavy atom. The van der Waals surface area contributed by atoms with E-state index < -0.39 is 0 Å². The number of benzene rings is 2. The van der Waals surface area contributed by atoms with Gasteiger partial charge in [-0.25, -0.2) is 0 Å². The van der Waals surface area contributed by atoms with Crippen molar-refractivity contribution in [1.82, 2.24) is 10.2 Å². The van der Waals surface area contributed by atoms with Crippen molar-refractivity contribution in [2.24, 2.45) is 0 Å². The number of nitrogens with one attached hydrogen (secondary N) is 1. The molecule has 3 rings (SSSR count). The van der Waals surface area contributed by atoms with Crippen LogP contribution < -0.4 is 10.1 Å². The molecule has 0 radical (unpaired) electrons. The molecule has 0 fully saturated rings. The van der Waals surface area contributed by atoms with Gasteiger partial charge in [-0.2, -0.15) is 0 Å². The van der Waals surface area contributed by atoms with Crippen LogP contribution in [0.3, 0.4) is 0 Å². The van der Waals surface area contributed by atoms with E-state index in [1.54, 1.807) is 23.1 Å². The first kappa shape index (κ1) is 18.7. The smallest absolute Gasteiger partial charge is 0.210 e. The van der Waals surface area contributed by atoms with Gasteiger partial charge in [-0.3, -0.25) is 0 Å². The third kappa shape index (κ3) is 5.47. The fourth-order valence-electron chi connectivity index (χ4n) is 2.39. The summed E-state index contributed by atoms with van der Waals surface area (Å²) in [5, 5.41) is 12.6. The number of hydrogen-bond donors (Lipinski definition) is 1. The Bertz CT molecular complexity index is 831. The van der Waals surface area contributed by atoms with Crippen LogP contribution in [0, 0.1) is 6.92 Å². The van der Waals surface area contributed by atoms with Crippen molar-refractivity contribution in [3.63, 3.8) is 0 Å². The van der Waals surface area contributed by atoms with Gasteiger partial charge in [-0.05, 0) is 48.2 Å². The van der Waals surface area contributed by atoms with Crippen molar-refractivity contribution < 1.29 is 4.74 Å². The van der Waals surface area contributed by atoms with Crippen molar-refractivity contribution >= 4 is 33.9 Å². The summed E-state index contributed by atoms with van der Waals surface area (Å²) in [4.78, 5) is 0. The molecule has 0 spiro atoms. The molecule has 0 saturated carbocycles. The standard InChI is InChI=1S/C20H23N3OS2/c1-14(2)16-7-9-17(10-8-16)21-19-22-23-20(26-19)25-12-11-24-18-6-4-5-15(3)13-18/h4-10,13-14H,11-12H2,1-3H3,(H,21,22). The van der Waals surface area contributed by atoms with Crippen LogP contribution in [0.4, 0.5) is 10.8 Å². The van der Waals surface area contributed by atoms with Gasteiger partial charge in [0, 0.05) is 11.4 Å². The zero-order valence-electron chi connectivity index (χ0n) is 15.2. The van der Waals surface area contributed by atoms with Gasteiger partial charge in [0.2, 0.25) is 5.13 Å². The van der Waals surface area contributed by atoms with Gasteiger partial charge < -0.3 is 10.1 Å². The molecule has 2 aromatic carbocycles. The average Bonchev–Trinajstić information content (AvgIpc) is 3.06. The maximum absolute atomic E-state index is 5.76. The second-order valence-corrected chi connectivity index (χ2v) is 8.61. The van der Waals surface area contributed by atoms with Crippen LogP contribution in [0.25, 0.3) is 0 Å². The monoisotopic (exact) mass is 385 g/mol. The zero-order chi connectivity index (χ0) is 18.4. The third-order valence-corrected chi connectivity index (χ3v) is 5.74. The predicted octanol–water partition coefficient (Wildman–Crippen LogP) is 5.88. The second-order valence-electron chi connectivity index (χ2n) is 6.29. The molecule has 0 bridgehead atoms. The van der Waals surface area contributed by atoms with Crippen molar-refractivity contribution in [3.8, 4) is 5.75 Å². The molecule has 1 N–H and O–H groups in total. The zero-order valence-corrected chi connectivity index (χ0v) is 16.9. The lowest BCUT2D eigenvalue weighted by Gasteiger charge is -2.07. The molecule has 0 aliphatic carbocycles. The highest BCUT2D eigenvalue weighted by Gasteiger charge is 2.06. The van der Waals surface area contributed by atoms with E-state index in [0.717, 1.165) is 26.7 Å². The maximum Gasteiger partial charge on any atom is 0.210 e. The molecule has 1 heterocycles. The average molecular weight is 386 g/mol. The number of hydrogen-bond acceptors (Lipinski definition) is 6. The molecule has 3 aromatic rings. The van der Waals surface area contributed by atoms with Crippen LogP contribution in [0.2, 0.25) is 0 Å². The fraction of sp³-hybridized carbons (Fsp3) is 0.300. The minimum atomic E-state index is 0.538. The summed E-state index contributed by atoms with van der Waals surface area (Å²) in [6.45, 7) is 7.10. The van der Waals surface area contributed by atoms with E-state index in [-0.39, 0.29) is 0 Å². The Hall–Kier alpha value is -2.05. The van der Waals surface area contributed by atoms with E-state index in [0.29, 0.717) is 12.5 Å². The summed E-state index contributed by atoms with van der Waals surface area (Å²) in [5.74, 6) is 2.29. The normalized spacial score (nSPS) is 10.9. The van der Waals surface area contributed by atoms with Crippen LogP contribution in [0.15, 0.2) is 52.9 Å². The van der Waals surface area contributed by atoms with Crippen LogP contribution in [-0.4, -0.2) is 22.6 Å². The topological polar surface area (TPSA) is 47.0 Å². The Balaban J connectivity index is 1.45. The quantitative estimate of drug-likeness (QED) is 0.387. The lowest BCUT2D eigenvalue weighted by Crippen LogP contribution is -1.99. The Morgan fingerprint density at radius 1 is 1.12 bits per heavy atom. The highest BCUT2D eigenvalue weighted by molar-refractivity contribution is 8.01.